The van der Waals surface area contributed by atoms with Gasteiger partial charge in [-0.15, -0.1) is 0 Å². The molecule has 1 atom stereocenters. The van der Waals surface area contributed by atoms with Crippen LogP contribution in [-0.4, -0.2) is 16.3 Å². The van der Waals surface area contributed by atoms with Gasteiger partial charge in [-0.3, -0.25) is 0 Å². The molecule has 0 fully saturated rings. The molecule has 1 unspecified atom stereocenters. The molecule has 1 heterocycles. The average molecular weight is 398 g/mol. The van der Waals surface area contributed by atoms with E-state index in [-0.39, 0.29) is 12.9 Å². The first-order chi connectivity index (χ1) is 12.1. The first kappa shape index (κ1) is 18.1. The molecule has 0 aliphatic carbocycles. The van der Waals surface area contributed by atoms with Crippen molar-refractivity contribution in [3.05, 3.63) is 81.8 Å². The van der Waals surface area contributed by atoms with Crippen molar-refractivity contribution in [3.8, 4) is 5.75 Å². The standard InChI is InChI=1S/C18H15Cl3N2O2/c19-13-1-4-15(5-2-13)24-12-25-18(10-23-8-7-22-11-23)16-6-3-14(20)9-17(16)21/h1-9,11,18H,10,12H2. The first-order valence-corrected chi connectivity index (χ1v) is 8.66. The highest BCUT2D eigenvalue weighted by molar-refractivity contribution is 6.35. The molecule has 0 bridgehead atoms. The molecule has 2 aromatic carbocycles. The maximum atomic E-state index is 6.33. The number of benzene rings is 2. The van der Waals surface area contributed by atoms with Gasteiger partial charge in [0.05, 0.1) is 12.9 Å². The van der Waals surface area contributed by atoms with E-state index in [0.717, 1.165) is 5.56 Å². The number of rotatable bonds is 7. The number of hydrogen-bond acceptors (Lipinski definition) is 3. The van der Waals surface area contributed by atoms with Gasteiger partial charge >= 0.3 is 0 Å². The molecule has 130 valence electrons. The number of imidazole rings is 1. The van der Waals surface area contributed by atoms with Crippen LogP contribution < -0.4 is 4.74 Å². The van der Waals surface area contributed by atoms with E-state index in [4.69, 9.17) is 44.3 Å². The van der Waals surface area contributed by atoms with Gasteiger partial charge in [-0.1, -0.05) is 40.9 Å². The molecule has 1 aromatic heterocycles. The molecule has 0 saturated heterocycles. The van der Waals surface area contributed by atoms with E-state index in [1.54, 1.807) is 48.9 Å². The lowest BCUT2D eigenvalue weighted by Gasteiger charge is -2.20. The summed E-state index contributed by atoms with van der Waals surface area (Å²) < 4.78 is 13.5. The fourth-order valence-electron chi connectivity index (χ4n) is 2.30. The second kappa shape index (κ2) is 8.59. The van der Waals surface area contributed by atoms with Crippen LogP contribution in [-0.2, 0) is 11.3 Å². The zero-order chi connectivity index (χ0) is 17.6. The Bertz CT molecular complexity index is 808. The molecule has 3 rings (SSSR count). The predicted molar refractivity (Wildman–Crippen MR) is 99.5 cm³/mol. The topological polar surface area (TPSA) is 36.3 Å². The van der Waals surface area contributed by atoms with Crippen LogP contribution in [0.4, 0.5) is 0 Å². The lowest BCUT2D eigenvalue weighted by molar-refractivity contribution is -0.0444. The van der Waals surface area contributed by atoms with Crippen molar-refractivity contribution in [1.29, 1.82) is 0 Å². The van der Waals surface area contributed by atoms with Gasteiger partial charge < -0.3 is 14.0 Å². The molecule has 0 aliphatic rings. The maximum Gasteiger partial charge on any atom is 0.189 e. The van der Waals surface area contributed by atoms with Gasteiger partial charge in [0.25, 0.3) is 0 Å². The molecule has 0 N–H and O–H groups in total. The largest absolute Gasteiger partial charge is 0.468 e. The van der Waals surface area contributed by atoms with E-state index < -0.39 is 0 Å². The average Bonchev–Trinajstić information content (AvgIpc) is 3.09. The Morgan fingerprint density at radius 2 is 1.76 bits per heavy atom. The summed E-state index contributed by atoms with van der Waals surface area (Å²) in [6.45, 7) is 0.616. The Labute approximate surface area is 160 Å². The van der Waals surface area contributed by atoms with Gasteiger partial charge in [0.2, 0.25) is 0 Å². The maximum absolute atomic E-state index is 6.33. The summed E-state index contributed by atoms with van der Waals surface area (Å²) in [5.74, 6) is 0.674. The fourth-order valence-corrected chi connectivity index (χ4v) is 2.96. The van der Waals surface area contributed by atoms with Crippen LogP contribution in [0.25, 0.3) is 0 Å². The Morgan fingerprint density at radius 3 is 2.44 bits per heavy atom. The van der Waals surface area contributed by atoms with Crippen molar-refractivity contribution in [2.45, 2.75) is 12.6 Å². The number of nitrogens with zero attached hydrogens (tertiary/aromatic N) is 2. The lowest BCUT2D eigenvalue weighted by atomic mass is 10.1. The van der Waals surface area contributed by atoms with Gasteiger partial charge in [0.15, 0.2) is 6.79 Å². The van der Waals surface area contributed by atoms with E-state index in [2.05, 4.69) is 4.98 Å². The molecule has 0 spiro atoms. The minimum Gasteiger partial charge on any atom is -0.468 e. The summed E-state index contributed by atoms with van der Waals surface area (Å²) in [6, 6.07) is 12.4. The molecule has 0 aliphatic heterocycles. The SMILES string of the molecule is Clc1ccc(OCOC(Cn2ccnc2)c2ccc(Cl)cc2Cl)cc1. The molecule has 0 amide bonds. The summed E-state index contributed by atoms with van der Waals surface area (Å²) in [7, 11) is 0. The van der Waals surface area contributed by atoms with Gasteiger partial charge in [-0.05, 0) is 36.4 Å². The summed E-state index contributed by atoms with van der Waals surface area (Å²) in [5, 5.41) is 1.77. The van der Waals surface area contributed by atoms with Crippen LogP contribution in [0.5, 0.6) is 5.75 Å². The quantitative estimate of drug-likeness (QED) is 0.484. The van der Waals surface area contributed by atoms with Crippen molar-refractivity contribution < 1.29 is 9.47 Å². The summed E-state index contributed by atoms with van der Waals surface area (Å²) in [6.07, 6.45) is 4.98. The monoisotopic (exact) mass is 396 g/mol. The number of aromatic nitrogens is 2. The molecule has 3 aromatic rings. The van der Waals surface area contributed by atoms with Crippen molar-refractivity contribution >= 4 is 34.8 Å². The van der Waals surface area contributed by atoms with E-state index in [0.29, 0.717) is 27.4 Å². The van der Waals surface area contributed by atoms with E-state index in [1.807, 2.05) is 16.8 Å². The van der Waals surface area contributed by atoms with Crippen LogP contribution >= 0.6 is 34.8 Å². The van der Waals surface area contributed by atoms with E-state index in [9.17, 15) is 0 Å². The normalized spacial score (nSPS) is 12.1. The van der Waals surface area contributed by atoms with Gasteiger partial charge in [-0.2, -0.15) is 0 Å². The van der Waals surface area contributed by atoms with Crippen LogP contribution in [0, 0.1) is 0 Å². The predicted octanol–water partition coefficient (Wildman–Crippen LogP) is 5.64. The van der Waals surface area contributed by atoms with Crippen LogP contribution in [0.3, 0.4) is 0 Å². The van der Waals surface area contributed by atoms with Crippen molar-refractivity contribution in [2.75, 3.05) is 6.79 Å². The zero-order valence-electron chi connectivity index (χ0n) is 13.1. The number of hydrogen-bond donors (Lipinski definition) is 0. The third-order valence-corrected chi connectivity index (χ3v) is 4.37. The Morgan fingerprint density at radius 1 is 1.00 bits per heavy atom. The highest BCUT2D eigenvalue weighted by Gasteiger charge is 2.17. The highest BCUT2D eigenvalue weighted by Crippen LogP contribution is 2.30. The fraction of sp³-hybridized carbons (Fsp3) is 0.167. The van der Waals surface area contributed by atoms with Crippen LogP contribution in [0.1, 0.15) is 11.7 Å². The summed E-state index contributed by atoms with van der Waals surface area (Å²) in [5.41, 5.74) is 0.833. The second-order valence-corrected chi connectivity index (χ2v) is 6.58. The molecule has 0 radical (unpaired) electrons. The van der Waals surface area contributed by atoms with Gasteiger partial charge in [0.1, 0.15) is 11.9 Å². The molecule has 4 nitrogen and oxygen atoms in total. The molecule has 25 heavy (non-hydrogen) atoms. The summed E-state index contributed by atoms with van der Waals surface area (Å²) in [4.78, 5) is 4.05. The minimum atomic E-state index is -0.314. The molecule has 0 saturated carbocycles. The molecular formula is C18H15Cl3N2O2. The number of ether oxygens (including phenoxy) is 2. The third-order valence-electron chi connectivity index (χ3n) is 3.55. The Hall–Kier alpha value is -1.72. The highest BCUT2D eigenvalue weighted by atomic mass is 35.5. The Balaban J connectivity index is 1.70. The lowest BCUT2D eigenvalue weighted by Crippen LogP contribution is -2.15. The van der Waals surface area contributed by atoms with Crippen molar-refractivity contribution in [1.82, 2.24) is 9.55 Å². The third kappa shape index (κ3) is 5.13. The number of halogens is 3. The summed E-state index contributed by atoms with van der Waals surface area (Å²) >= 11 is 18.2. The van der Waals surface area contributed by atoms with E-state index >= 15 is 0 Å². The van der Waals surface area contributed by atoms with Gasteiger partial charge in [0, 0.05) is 33.0 Å². The first-order valence-electron chi connectivity index (χ1n) is 7.52. The van der Waals surface area contributed by atoms with Crippen LogP contribution in [0.2, 0.25) is 15.1 Å². The molecular weight excluding hydrogens is 383 g/mol. The zero-order valence-corrected chi connectivity index (χ0v) is 15.4. The van der Waals surface area contributed by atoms with E-state index in [1.165, 1.54) is 0 Å². The smallest absolute Gasteiger partial charge is 0.189 e. The minimum absolute atomic E-state index is 0.0694. The van der Waals surface area contributed by atoms with Crippen molar-refractivity contribution in [3.63, 3.8) is 0 Å². The van der Waals surface area contributed by atoms with Gasteiger partial charge in [-0.25, -0.2) is 4.98 Å². The molecule has 7 heteroatoms. The van der Waals surface area contributed by atoms with Crippen LogP contribution in [0.15, 0.2) is 61.2 Å². The van der Waals surface area contributed by atoms with Crippen molar-refractivity contribution in [2.24, 2.45) is 0 Å². The Kier molecular flexibility index (Phi) is 6.21. The second-order valence-electron chi connectivity index (χ2n) is 5.30.